The number of likely N-dealkylation sites (N-methyl/N-ethyl adjacent to an activating group) is 1. The molecular formula is C17H27N3O. The number of hydrogen-bond donors (Lipinski definition) is 1. The molecule has 0 radical (unpaired) electrons. The lowest BCUT2D eigenvalue weighted by molar-refractivity contribution is 0.0975. The summed E-state index contributed by atoms with van der Waals surface area (Å²) in [6.45, 7) is 5.47. The maximum absolute atomic E-state index is 5.73. The molecule has 3 heterocycles. The number of benzene rings is 1. The summed E-state index contributed by atoms with van der Waals surface area (Å²) in [6, 6.07) is 9.04. The molecule has 4 heteroatoms. The minimum absolute atomic E-state index is 0.619. The number of nitrogens with zero attached hydrogens (tertiary/aromatic N) is 2. The average Bonchev–Trinajstić information content (AvgIpc) is 2.50. The van der Waals surface area contributed by atoms with Crippen LogP contribution in [0.2, 0.25) is 0 Å². The van der Waals surface area contributed by atoms with Gasteiger partial charge in [0.05, 0.1) is 0 Å². The van der Waals surface area contributed by atoms with E-state index in [9.17, 15) is 0 Å². The molecule has 1 unspecified atom stereocenters. The Labute approximate surface area is 128 Å². The lowest BCUT2D eigenvalue weighted by Gasteiger charge is -2.45. The van der Waals surface area contributed by atoms with E-state index in [1.807, 2.05) is 0 Å². The Kier molecular flexibility index (Phi) is 4.66. The third-order valence-electron chi connectivity index (χ3n) is 4.67. The quantitative estimate of drug-likeness (QED) is 0.868. The van der Waals surface area contributed by atoms with Crippen molar-refractivity contribution in [3.8, 4) is 5.75 Å². The molecule has 4 nitrogen and oxygen atoms in total. The van der Waals surface area contributed by atoms with Gasteiger partial charge >= 0.3 is 0 Å². The third-order valence-corrected chi connectivity index (χ3v) is 4.67. The summed E-state index contributed by atoms with van der Waals surface area (Å²) in [5.41, 5.74) is 1.22. The first kappa shape index (κ1) is 14.7. The van der Waals surface area contributed by atoms with Gasteiger partial charge in [0.1, 0.15) is 12.4 Å². The highest BCUT2D eigenvalue weighted by molar-refractivity contribution is 5.47. The highest BCUT2D eigenvalue weighted by atomic mass is 16.5. The normalized spacial score (nSPS) is 27.9. The number of ether oxygens (including phenoxy) is 1. The van der Waals surface area contributed by atoms with Crippen LogP contribution in [-0.2, 0) is 0 Å². The number of anilines is 1. The summed E-state index contributed by atoms with van der Waals surface area (Å²) < 4.78 is 5.73. The van der Waals surface area contributed by atoms with E-state index in [1.165, 1.54) is 38.2 Å². The Balaban J connectivity index is 1.50. The van der Waals surface area contributed by atoms with E-state index in [0.29, 0.717) is 6.04 Å². The van der Waals surface area contributed by atoms with Gasteiger partial charge in [0, 0.05) is 24.8 Å². The zero-order valence-electron chi connectivity index (χ0n) is 13.2. The van der Waals surface area contributed by atoms with Gasteiger partial charge in [-0.2, -0.15) is 0 Å². The molecule has 3 aliphatic rings. The highest BCUT2D eigenvalue weighted by Crippen LogP contribution is 2.30. The number of hydrogen-bond acceptors (Lipinski definition) is 4. The molecule has 0 saturated carbocycles. The number of fused-ring (bicyclic) bond motifs is 3. The van der Waals surface area contributed by atoms with E-state index in [-0.39, 0.29) is 0 Å². The van der Waals surface area contributed by atoms with Gasteiger partial charge in [-0.1, -0.05) is 0 Å². The summed E-state index contributed by atoms with van der Waals surface area (Å²) in [5.74, 6) is 1.81. The van der Waals surface area contributed by atoms with Gasteiger partial charge in [0.25, 0.3) is 0 Å². The van der Waals surface area contributed by atoms with Crippen molar-refractivity contribution < 1.29 is 4.74 Å². The van der Waals surface area contributed by atoms with Gasteiger partial charge in [-0.05, 0) is 70.2 Å². The maximum Gasteiger partial charge on any atom is 0.119 e. The molecule has 3 fully saturated rings. The van der Waals surface area contributed by atoms with Gasteiger partial charge in [-0.15, -0.1) is 0 Å². The molecule has 1 aromatic carbocycles. The van der Waals surface area contributed by atoms with Crippen LogP contribution in [0.5, 0.6) is 5.75 Å². The fraction of sp³-hybridized carbons (Fsp3) is 0.647. The summed E-state index contributed by atoms with van der Waals surface area (Å²) in [6.07, 6.45) is 2.70. The largest absolute Gasteiger partial charge is 0.492 e. The maximum atomic E-state index is 5.73. The zero-order valence-corrected chi connectivity index (χ0v) is 13.2. The molecule has 116 valence electrons. The first-order valence-corrected chi connectivity index (χ1v) is 8.07. The van der Waals surface area contributed by atoms with Crippen LogP contribution < -0.4 is 10.1 Å². The second kappa shape index (κ2) is 6.67. The number of rotatable bonds is 6. The van der Waals surface area contributed by atoms with Gasteiger partial charge in [0.15, 0.2) is 0 Å². The van der Waals surface area contributed by atoms with Crippen LogP contribution in [0.4, 0.5) is 5.69 Å². The second-order valence-corrected chi connectivity index (χ2v) is 6.56. The highest BCUT2D eigenvalue weighted by Gasteiger charge is 2.33. The van der Waals surface area contributed by atoms with E-state index in [0.717, 1.165) is 24.8 Å². The van der Waals surface area contributed by atoms with E-state index >= 15 is 0 Å². The predicted octanol–water partition coefficient (Wildman–Crippen LogP) is 2.13. The van der Waals surface area contributed by atoms with Crippen molar-refractivity contribution in [2.75, 3.05) is 52.2 Å². The Bertz CT molecular complexity index is 438. The molecule has 3 aliphatic heterocycles. The van der Waals surface area contributed by atoms with E-state index in [2.05, 4.69) is 53.5 Å². The fourth-order valence-electron chi connectivity index (χ4n) is 3.34. The number of piperidine rings is 3. The summed E-state index contributed by atoms with van der Waals surface area (Å²) in [4.78, 5) is 4.71. The van der Waals surface area contributed by atoms with Crippen molar-refractivity contribution in [1.82, 2.24) is 9.80 Å². The van der Waals surface area contributed by atoms with Crippen LogP contribution in [0.15, 0.2) is 24.3 Å². The van der Waals surface area contributed by atoms with Crippen molar-refractivity contribution in [2.24, 2.45) is 5.92 Å². The van der Waals surface area contributed by atoms with Crippen LogP contribution >= 0.6 is 0 Å². The molecule has 1 aromatic rings. The van der Waals surface area contributed by atoms with Gasteiger partial charge < -0.3 is 19.9 Å². The molecule has 3 saturated heterocycles. The van der Waals surface area contributed by atoms with Crippen LogP contribution in [-0.4, -0.2) is 62.7 Å². The SMILES string of the molecule is CN(C)CCOc1ccc(NC2CN3CCC2CC3)cc1. The first-order chi connectivity index (χ1) is 10.2. The minimum atomic E-state index is 0.619. The Hall–Kier alpha value is -1.26. The number of nitrogens with one attached hydrogen (secondary N) is 1. The minimum Gasteiger partial charge on any atom is -0.492 e. The standard InChI is InChI=1S/C17H27N3O/c1-19(2)11-12-21-16-5-3-15(4-6-16)18-17-13-20-9-7-14(17)8-10-20/h3-6,14,17-18H,7-13H2,1-2H3. The Morgan fingerprint density at radius 3 is 2.48 bits per heavy atom. The van der Waals surface area contributed by atoms with Crippen LogP contribution in [0.25, 0.3) is 0 Å². The molecular weight excluding hydrogens is 262 g/mol. The van der Waals surface area contributed by atoms with Gasteiger partial charge in [-0.3, -0.25) is 0 Å². The van der Waals surface area contributed by atoms with Crippen molar-refractivity contribution in [2.45, 2.75) is 18.9 Å². The Morgan fingerprint density at radius 2 is 1.90 bits per heavy atom. The van der Waals surface area contributed by atoms with Crippen molar-refractivity contribution in [3.63, 3.8) is 0 Å². The molecule has 0 aromatic heterocycles. The van der Waals surface area contributed by atoms with Gasteiger partial charge in [-0.25, -0.2) is 0 Å². The molecule has 0 spiro atoms. The molecule has 0 amide bonds. The molecule has 4 rings (SSSR count). The van der Waals surface area contributed by atoms with Crippen molar-refractivity contribution >= 4 is 5.69 Å². The second-order valence-electron chi connectivity index (χ2n) is 6.56. The summed E-state index contributed by atoms with van der Waals surface area (Å²) >= 11 is 0. The monoisotopic (exact) mass is 289 g/mol. The van der Waals surface area contributed by atoms with Crippen LogP contribution in [0.1, 0.15) is 12.8 Å². The molecule has 2 bridgehead atoms. The zero-order chi connectivity index (χ0) is 14.7. The van der Waals surface area contributed by atoms with Crippen molar-refractivity contribution in [1.29, 1.82) is 0 Å². The summed E-state index contributed by atoms with van der Waals surface area (Å²) in [7, 11) is 4.12. The van der Waals surface area contributed by atoms with E-state index in [4.69, 9.17) is 4.74 Å². The smallest absolute Gasteiger partial charge is 0.119 e. The first-order valence-electron chi connectivity index (χ1n) is 8.07. The molecule has 1 N–H and O–H groups in total. The van der Waals surface area contributed by atoms with Crippen LogP contribution in [0, 0.1) is 5.92 Å². The fourth-order valence-corrected chi connectivity index (χ4v) is 3.34. The summed E-state index contributed by atoms with van der Waals surface area (Å²) in [5, 5.41) is 3.71. The van der Waals surface area contributed by atoms with Crippen molar-refractivity contribution in [3.05, 3.63) is 24.3 Å². The van der Waals surface area contributed by atoms with Crippen LogP contribution in [0.3, 0.4) is 0 Å². The van der Waals surface area contributed by atoms with E-state index in [1.54, 1.807) is 0 Å². The molecule has 21 heavy (non-hydrogen) atoms. The average molecular weight is 289 g/mol. The van der Waals surface area contributed by atoms with Gasteiger partial charge in [0.2, 0.25) is 0 Å². The third kappa shape index (κ3) is 3.89. The Morgan fingerprint density at radius 1 is 1.19 bits per heavy atom. The topological polar surface area (TPSA) is 27.7 Å². The van der Waals surface area contributed by atoms with E-state index < -0.39 is 0 Å². The predicted molar refractivity (Wildman–Crippen MR) is 87.1 cm³/mol. The lowest BCUT2D eigenvalue weighted by atomic mass is 9.84. The molecule has 1 atom stereocenters. The lowest BCUT2D eigenvalue weighted by Crippen LogP contribution is -2.53. The molecule has 0 aliphatic carbocycles.